The molecular weight excluding hydrogens is 156 g/mol. The molecule has 1 aromatic heterocycles. The van der Waals surface area contributed by atoms with Crippen molar-refractivity contribution in [3.63, 3.8) is 0 Å². The average Bonchev–Trinajstić information content (AvgIpc) is 1.99. The van der Waals surface area contributed by atoms with Gasteiger partial charge in [0.1, 0.15) is 0 Å². The molecule has 1 aromatic rings. The molecule has 0 aliphatic rings. The minimum atomic E-state index is 0.106. The summed E-state index contributed by atoms with van der Waals surface area (Å²) in [4.78, 5) is 11.2. The summed E-state index contributed by atoms with van der Waals surface area (Å²) in [5.41, 5.74) is 10.6. The maximum absolute atomic E-state index is 5.32. The van der Waals surface area contributed by atoms with Gasteiger partial charge in [-0.3, -0.25) is 0 Å². The van der Waals surface area contributed by atoms with Crippen LogP contribution in [0.25, 0.3) is 0 Å². The number of hydrogen-bond donors (Lipinski definition) is 3. The fourth-order valence-electron chi connectivity index (χ4n) is 0.652. The zero-order chi connectivity index (χ0) is 8.97. The lowest BCUT2D eigenvalue weighted by atomic mass is 10.6. The molecule has 1 rings (SSSR count). The summed E-state index contributed by atoms with van der Waals surface area (Å²) in [5.74, 6) is 0.572. The largest absolute Gasteiger partial charge is 0.368 e. The SMILES string of the molecule is C=CCNc1nc(N)nc(N)n1. The summed E-state index contributed by atoms with van der Waals surface area (Å²) in [6.07, 6.45) is 1.68. The van der Waals surface area contributed by atoms with E-state index in [2.05, 4.69) is 26.8 Å². The number of anilines is 3. The van der Waals surface area contributed by atoms with Crippen LogP contribution in [0.15, 0.2) is 12.7 Å². The molecular formula is C6H10N6. The third kappa shape index (κ3) is 2.08. The summed E-state index contributed by atoms with van der Waals surface area (Å²) in [7, 11) is 0. The molecule has 0 aliphatic carbocycles. The lowest BCUT2D eigenvalue weighted by Crippen LogP contribution is -2.08. The molecule has 12 heavy (non-hydrogen) atoms. The number of rotatable bonds is 3. The van der Waals surface area contributed by atoms with Crippen LogP contribution < -0.4 is 16.8 Å². The maximum atomic E-state index is 5.32. The van der Waals surface area contributed by atoms with Crippen molar-refractivity contribution in [2.24, 2.45) is 0 Å². The van der Waals surface area contributed by atoms with Crippen LogP contribution in [0.3, 0.4) is 0 Å². The van der Waals surface area contributed by atoms with Gasteiger partial charge in [-0.1, -0.05) is 6.08 Å². The fraction of sp³-hybridized carbons (Fsp3) is 0.167. The molecule has 0 aromatic carbocycles. The third-order valence-corrected chi connectivity index (χ3v) is 1.07. The van der Waals surface area contributed by atoms with Crippen LogP contribution in [0.2, 0.25) is 0 Å². The van der Waals surface area contributed by atoms with Gasteiger partial charge in [0.05, 0.1) is 0 Å². The van der Waals surface area contributed by atoms with Crippen LogP contribution >= 0.6 is 0 Å². The van der Waals surface area contributed by atoms with Crippen LogP contribution in [-0.4, -0.2) is 21.5 Å². The predicted molar refractivity (Wildman–Crippen MR) is 47.3 cm³/mol. The van der Waals surface area contributed by atoms with Crippen molar-refractivity contribution >= 4 is 17.8 Å². The van der Waals surface area contributed by atoms with Crippen LogP contribution in [0.1, 0.15) is 0 Å². The van der Waals surface area contributed by atoms with E-state index < -0.39 is 0 Å². The van der Waals surface area contributed by atoms with Gasteiger partial charge in [-0.15, -0.1) is 6.58 Å². The van der Waals surface area contributed by atoms with E-state index in [0.717, 1.165) is 0 Å². The molecule has 0 fully saturated rings. The van der Waals surface area contributed by atoms with E-state index in [4.69, 9.17) is 11.5 Å². The lowest BCUT2D eigenvalue weighted by Gasteiger charge is -2.01. The van der Waals surface area contributed by atoms with Gasteiger partial charge in [0, 0.05) is 6.54 Å². The van der Waals surface area contributed by atoms with Crippen LogP contribution in [0, 0.1) is 0 Å². The van der Waals surface area contributed by atoms with Crippen molar-refractivity contribution in [3.8, 4) is 0 Å². The molecule has 6 nitrogen and oxygen atoms in total. The monoisotopic (exact) mass is 166 g/mol. The van der Waals surface area contributed by atoms with E-state index >= 15 is 0 Å². The highest BCUT2D eigenvalue weighted by molar-refractivity contribution is 5.37. The highest BCUT2D eigenvalue weighted by Crippen LogP contribution is 2.02. The molecule has 0 saturated carbocycles. The molecule has 0 radical (unpaired) electrons. The second kappa shape index (κ2) is 3.51. The molecule has 0 unspecified atom stereocenters. The van der Waals surface area contributed by atoms with E-state index in [1.165, 1.54) is 0 Å². The fourth-order valence-corrected chi connectivity index (χ4v) is 0.652. The minimum Gasteiger partial charge on any atom is -0.368 e. The van der Waals surface area contributed by atoms with Gasteiger partial charge < -0.3 is 16.8 Å². The molecule has 5 N–H and O–H groups in total. The normalized spacial score (nSPS) is 9.33. The Labute approximate surface area is 69.7 Å². The first kappa shape index (κ1) is 8.25. The van der Waals surface area contributed by atoms with Gasteiger partial charge in [-0.05, 0) is 0 Å². The number of aromatic nitrogens is 3. The average molecular weight is 166 g/mol. The van der Waals surface area contributed by atoms with Gasteiger partial charge in [0.25, 0.3) is 0 Å². The van der Waals surface area contributed by atoms with Crippen molar-refractivity contribution in [1.82, 2.24) is 15.0 Å². The third-order valence-electron chi connectivity index (χ3n) is 1.07. The number of nitrogens with two attached hydrogens (primary N) is 2. The molecule has 6 heteroatoms. The zero-order valence-corrected chi connectivity index (χ0v) is 6.49. The van der Waals surface area contributed by atoms with Gasteiger partial charge in [-0.25, -0.2) is 0 Å². The number of nitrogens with one attached hydrogen (secondary N) is 1. The van der Waals surface area contributed by atoms with E-state index in [1.54, 1.807) is 6.08 Å². The number of hydrogen-bond acceptors (Lipinski definition) is 6. The van der Waals surface area contributed by atoms with Crippen LogP contribution in [0.5, 0.6) is 0 Å². The molecule has 0 amide bonds. The Morgan fingerprint density at radius 3 is 2.33 bits per heavy atom. The Morgan fingerprint density at radius 1 is 1.25 bits per heavy atom. The zero-order valence-electron chi connectivity index (χ0n) is 6.49. The second-order valence-electron chi connectivity index (χ2n) is 2.04. The van der Waals surface area contributed by atoms with Gasteiger partial charge >= 0.3 is 0 Å². The van der Waals surface area contributed by atoms with E-state index in [1.807, 2.05) is 0 Å². The highest BCUT2D eigenvalue weighted by atomic mass is 15.2. The summed E-state index contributed by atoms with van der Waals surface area (Å²) in [6, 6.07) is 0. The van der Waals surface area contributed by atoms with Crippen molar-refractivity contribution in [2.45, 2.75) is 0 Å². The first-order valence-corrected chi connectivity index (χ1v) is 3.34. The van der Waals surface area contributed by atoms with Crippen LogP contribution in [-0.2, 0) is 0 Å². The first-order valence-electron chi connectivity index (χ1n) is 3.34. The van der Waals surface area contributed by atoms with Crippen LogP contribution in [0.4, 0.5) is 17.8 Å². The first-order chi connectivity index (χ1) is 5.72. The Morgan fingerprint density at radius 2 is 1.83 bits per heavy atom. The molecule has 0 spiro atoms. The topological polar surface area (TPSA) is 103 Å². The Bertz CT molecular complexity index is 263. The molecule has 1 heterocycles. The van der Waals surface area contributed by atoms with E-state index in [-0.39, 0.29) is 11.9 Å². The number of nitrogen functional groups attached to an aromatic ring is 2. The molecule has 64 valence electrons. The minimum absolute atomic E-state index is 0.106. The Balaban J connectivity index is 2.78. The molecule has 0 aliphatic heterocycles. The lowest BCUT2D eigenvalue weighted by molar-refractivity contribution is 1.06. The predicted octanol–water partition coefficient (Wildman–Crippen LogP) is -0.366. The van der Waals surface area contributed by atoms with Gasteiger partial charge in [0.15, 0.2) is 0 Å². The van der Waals surface area contributed by atoms with Crippen molar-refractivity contribution in [2.75, 3.05) is 23.3 Å². The smallest absolute Gasteiger partial charge is 0.229 e. The van der Waals surface area contributed by atoms with Crippen molar-refractivity contribution in [3.05, 3.63) is 12.7 Å². The maximum Gasteiger partial charge on any atom is 0.229 e. The summed E-state index contributed by atoms with van der Waals surface area (Å²) in [5, 5.41) is 2.84. The summed E-state index contributed by atoms with van der Waals surface area (Å²) in [6.45, 7) is 4.08. The van der Waals surface area contributed by atoms with Gasteiger partial charge in [0.2, 0.25) is 17.8 Å². The quantitative estimate of drug-likeness (QED) is 0.529. The van der Waals surface area contributed by atoms with Crippen molar-refractivity contribution in [1.29, 1.82) is 0 Å². The van der Waals surface area contributed by atoms with Crippen molar-refractivity contribution < 1.29 is 0 Å². The number of nitrogens with zero attached hydrogens (tertiary/aromatic N) is 3. The molecule has 0 saturated heterocycles. The van der Waals surface area contributed by atoms with E-state index in [0.29, 0.717) is 12.5 Å². The Hall–Kier alpha value is -1.85. The Kier molecular flexibility index (Phi) is 2.42. The molecule has 0 bridgehead atoms. The summed E-state index contributed by atoms with van der Waals surface area (Å²) >= 11 is 0. The highest BCUT2D eigenvalue weighted by Gasteiger charge is 1.98. The second-order valence-corrected chi connectivity index (χ2v) is 2.04. The van der Waals surface area contributed by atoms with Gasteiger partial charge in [-0.2, -0.15) is 15.0 Å². The molecule has 0 atom stereocenters. The van der Waals surface area contributed by atoms with E-state index in [9.17, 15) is 0 Å². The standard InChI is InChI=1S/C6H10N6/c1-2-3-9-6-11-4(7)10-5(8)12-6/h2H,1,3H2,(H5,7,8,9,10,11,12). The summed E-state index contributed by atoms with van der Waals surface area (Å²) < 4.78 is 0.